The van der Waals surface area contributed by atoms with Crippen LogP contribution in [0.2, 0.25) is 0 Å². The van der Waals surface area contributed by atoms with Gasteiger partial charge in [-0.2, -0.15) is 0 Å². The highest BCUT2D eigenvalue weighted by atomic mass is 79.9. The maximum absolute atomic E-state index is 12.4. The van der Waals surface area contributed by atoms with E-state index >= 15 is 0 Å². The van der Waals surface area contributed by atoms with Crippen LogP contribution >= 0.6 is 28.3 Å². The summed E-state index contributed by atoms with van der Waals surface area (Å²) in [6, 6.07) is 0. The molecule has 117 heavy (non-hydrogen) atoms. The molecule has 0 aromatic heterocycles. The number of carboxylic acid groups (broad SMARTS) is 2. The van der Waals surface area contributed by atoms with E-state index in [1.807, 2.05) is 103 Å². The zero-order chi connectivity index (χ0) is 88.1. The van der Waals surface area contributed by atoms with E-state index in [4.69, 9.17) is 53.5 Å². The summed E-state index contributed by atoms with van der Waals surface area (Å²) < 4.78 is 46.9. The first-order valence-corrected chi connectivity index (χ1v) is 42.1. The number of rotatable bonds is 32. The molecule has 3 aliphatic heterocycles. The molecule has 0 unspecified atom stereocenters. The number of carbonyl (C=O) groups excluding carboxylic acids is 9. The summed E-state index contributed by atoms with van der Waals surface area (Å²) in [7, 11) is 0. The Morgan fingerprint density at radius 2 is 0.479 bits per heavy atom. The van der Waals surface area contributed by atoms with Crippen molar-refractivity contribution in [2.45, 2.75) is 179 Å². The quantitative estimate of drug-likeness (QED) is 0.0274. The van der Waals surface area contributed by atoms with Gasteiger partial charge in [-0.15, -0.1) is 12.4 Å². The predicted octanol–water partition coefficient (Wildman–Crippen LogP) is 4.12. The Hall–Kier alpha value is -6.09. The van der Waals surface area contributed by atoms with Gasteiger partial charge in [0.1, 0.15) is 27.7 Å². The van der Waals surface area contributed by atoms with Crippen molar-refractivity contribution >= 4 is 99.9 Å². The summed E-state index contributed by atoms with van der Waals surface area (Å²) >= 11 is 2.94. The van der Waals surface area contributed by atoms with Crippen molar-refractivity contribution in [2.24, 2.45) is 0 Å². The van der Waals surface area contributed by atoms with Crippen molar-refractivity contribution in [3.05, 3.63) is 6.58 Å². The number of halogens is 2. The lowest BCUT2D eigenvalue weighted by Crippen LogP contribution is -2.48. The molecule has 0 aromatic rings. The Balaban J connectivity index is -0.00000158. The molecule has 0 amide bonds. The fourth-order valence-corrected chi connectivity index (χ4v) is 11.5. The van der Waals surface area contributed by atoms with Crippen LogP contribution in [0.25, 0.3) is 0 Å². The van der Waals surface area contributed by atoms with Gasteiger partial charge in [-0.1, -0.05) is 15.9 Å². The largest absolute Gasteiger partial charge is 0.481 e. The second-order valence-corrected chi connectivity index (χ2v) is 32.2. The molecule has 35 nitrogen and oxygen atoms in total. The van der Waals surface area contributed by atoms with Crippen molar-refractivity contribution in [2.75, 3.05) is 261 Å². The average molecular weight is 1760 g/mol. The number of carboxylic acids is 2. The molecule has 3 aliphatic rings. The summed E-state index contributed by atoms with van der Waals surface area (Å²) in [6.07, 6.45) is 1.31. The van der Waals surface area contributed by atoms with Crippen LogP contribution in [-0.2, 0) is 95.4 Å². The van der Waals surface area contributed by atoms with E-state index < -0.39 is 34.3 Å². The number of esters is 9. The molecule has 0 aromatic carbocycles. The third-order valence-electron chi connectivity index (χ3n) is 16.8. The molecule has 0 bridgehead atoms. The van der Waals surface area contributed by atoms with Gasteiger partial charge in [0.15, 0.2) is 0 Å². The molecule has 0 saturated carbocycles. The SMILES string of the molecule is C=C=N.CC(C)(C)OC(=O)CCN1CCNCCN(CCC(=O)OC(C)(C)C)CCNCC1.CCOC(=O)CBr.CCOC(=O)CN1CCN(CCC(=O)O)CCN(CC(=O)OCC)CCN(CCC(=O)O)CC1.CCOC(=O)CN1CCN(CCC(=O)OC(C)(C)C)CCN(CC(=O)OCC)CCN(CCC(=O)OC(C)(C)C)CC1.Cl. The van der Waals surface area contributed by atoms with Gasteiger partial charge in [0.2, 0.25) is 0 Å². The van der Waals surface area contributed by atoms with Gasteiger partial charge in [0.25, 0.3) is 0 Å². The van der Waals surface area contributed by atoms with Crippen molar-refractivity contribution in [1.82, 2.24) is 59.6 Å². The minimum absolute atomic E-state index is 0. The molecule has 0 atom stereocenters. The Bertz CT molecular complexity index is 2600. The summed E-state index contributed by atoms with van der Waals surface area (Å²) in [5.41, 5.74) is -1.98. The van der Waals surface area contributed by atoms with Crippen LogP contribution in [0.5, 0.6) is 0 Å². The van der Waals surface area contributed by atoms with Crippen LogP contribution in [0.3, 0.4) is 0 Å². The highest BCUT2D eigenvalue weighted by Gasteiger charge is 2.27. The minimum Gasteiger partial charge on any atom is -0.481 e. The lowest BCUT2D eigenvalue weighted by molar-refractivity contribution is -0.156. The summed E-state index contributed by atoms with van der Waals surface area (Å²) in [5, 5.41) is 31.3. The smallest absolute Gasteiger partial charge is 0.320 e. The highest BCUT2D eigenvalue weighted by Crippen LogP contribution is 2.14. The van der Waals surface area contributed by atoms with E-state index in [1.54, 1.807) is 40.5 Å². The maximum Gasteiger partial charge on any atom is 0.320 e. The average Bonchev–Trinajstić information content (AvgIpc) is 0.898. The second-order valence-electron chi connectivity index (χ2n) is 31.6. The normalized spacial score (nSPS) is 16.9. The van der Waals surface area contributed by atoms with E-state index in [0.29, 0.717) is 195 Å². The molecule has 682 valence electrons. The highest BCUT2D eigenvalue weighted by molar-refractivity contribution is 9.09. The van der Waals surface area contributed by atoms with E-state index in [2.05, 4.69) is 67.3 Å². The van der Waals surface area contributed by atoms with Crippen molar-refractivity contribution in [3.8, 4) is 0 Å². The van der Waals surface area contributed by atoms with Gasteiger partial charge >= 0.3 is 65.7 Å². The standard InChI is InChI=1S/C30H56N4O8.C22H40N4O8.C22H44N4O4.C4H7BrO2.C2H3N.ClH/c1-9-39-27(37)23-33-19-15-31(13-11-25(35)41-29(3,4)5)17-21-34(24-28(38)40-10-2)22-18-32(16-20-33)14-12-26(36)42-30(6,7)8;1-3-33-21(31)17-25-13-9-23(7-5-19(27)28)11-15-26(18-22(32)34-4-2)16-12-24(10-14-25)8-6-20(29)30;1-21(2,3)29-19(27)7-13-25-15-9-23-11-17-26(18-12-24-10-16-25)14-8-20(28)30-22(4,5)6;1-2-7-4(6)3-5;1-2-3;/h9-24H2,1-8H3;3-18H2,1-2H3,(H,27,28)(H,29,30);23-24H,7-18H2,1-6H3;2-3H2,1H3;3H,1H2;1H. The van der Waals surface area contributed by atoms with E-state index in [9.17, 15) is 52.7 Å². The second kappa shape index (κ2) is 67.6. The first kappa shape index (κ1) is 115. The number of carbonyl (C=O) groups is 11. The van der Waals surface area contributed by atoms with Crippen molar-refractivity contribution < 1.29 is 106 Å². The molecule has 3 fully saturated rings. The topological polar surface area (TPSA) is 392 Å². The molecule has 3 saturated heterocycles. The Kier molecular flexibility index (Phi) is 66.4. The van der Waals surface area contributed by atoms with Gasteiger partial charge in [-0.05, 0) is 130 Å². The minimum atomic E-state index is -0.882. The first-order valence-electron chi connectivity index (χ1n) is 41.0. The van der Waals surface area contributed by atoms with Gasteiger partial charge < -0.3 is 92.9 Å². The van der Waals surface area contributed by atoms with Crippen molar-refractivity contribution in [1.29, 1.82) is 5.41 Å². The van der Waals surface area contributed by atoms with Crippen LogP contribution in [0.1, 0.15) is 156 Å². The van der Waals surface area contributed by atoms with Gasteiger partial charge in [0, 0.05) is 196 Å². The van der Waals surface area contributed by atoms with E-state index in [0.717, 1.165) is 52.4 Å². The summed E-state index contributed by atoms with van der Waals surface area (Å²) in [5.74, 6) is -2.26. The molecule has 0 aliphatic carbocycles. The third-order valence-corrected chi connectivity index (χ3v) is 17.3. The van der Waals surface area contributed by atoms with Gasteiger partial charge in [0.05, 0.1) is 97.7 Å². The predicted molar refractivity (Wildman–Crippen MR) is 454 cm³/mol. The molecule has 3 heterocycles. The molecular weight excluding hydrogens is 1610 g/mol. The molecule has 3 rings (SSSR count). The lowest BCUT2D eigenvalue weighted by atomic mass is 10.2. The molecular formula is C80H151BrClN13O22. The summed E-state index contributed by atoms with van der Waals surface area (Å²) in [4.78, 5) is 151. The Labute approximate surface area is 713 Å². The van der Waals surface area contributed by atoms with Crippen LogP contribution in [0.15, 0.2) is 6.58 Å². The van der Waals surface area contributed by atoms with Gasteiger partial charge in [-0.3, -0.25) is 77.7 Å². The van der Waals surface area contributed by atoms with E-state index in [-0.39, 0.29) is 118 Å². The number of alkyl halides is 1. The zero-order valence-corrected chi connectivity index (χ0v) is 76.5. The third kappa shape index (κ3) is 72.5. The van der Waals surface area contributed by atoms with Crippen molar-refractivity contribution in [3.63, 3.8) is 0 Å². The van der Waals surface area contributed by atoms with Crippen LogP contribution in [-0.4, -0.2) is 414 Å². The van der Waals surface area contributed by atoms with Crippen LogP contribution in [0, 0.1) is 5.41 Å². The van der Waals surface area contributed by atoms with E-state index in [1.165, 1.54) is 0 Å². The summed E-state index contributed by atoms with van der Waals surface area (Å²) in [6.45, 7) is 55.7. The Morgan fingerprint density at radius 1 is 0.316 bits per heavy atom. The number of hydrogen-bond donors (Lipinski definition) is 5. The molecule has 0 spiro atoms. The number of nitrogens with zero attached hydrogens (tertiary/aromatic N) is 10. The molecule has 37 heteroatoms. The molecule has 5 N–H and O–H groups in total. The number of hydrogen-bond acceptors (Lipinski definition) is 33. The molecule has 0 radical (unpaired) electrons. The lowest BCUT2D eigenvalue weighted by Gasteiger charge is -2.34. The Morgan fingerprint density at radius 3 is 0.632 bits per heavy atom. The fraction of sp³-hybridized carbons (Fsp3) is 0.838. The van der Waals surface area contributed by atoms with Gasteiger partial charge in [-0.25, -0.2) is 0 Å². The number of ether oxygens (including phenoxy) is 9. The maximum atomic E-state index is 12.4. The zero-order valence-electron chi connectivity index (χ0n) is 74.1. The number of aliphatic carboxylic acids is 2. The monoisotopic (exact) mass is 1760 g/mol. The van der Waals surface area contributed by atoms with Crippen LogP contribution in [0.4, 0.5) is 0 Å². The van der Waals surface area contributed by atoms with Crippen LogP contribution < -0.4 is 10.6 Å². The number of nitrogens with one attached hydrogen (secondary N) is 3. The first-order chi connectivity index (χ1) is 54.5. The fourth-order valence-electron chi connectivity index (χ4n) is 11.4.